The van der Waals surface area contributed by atoms with Crippen LogP contribution in [-0.4, -0.2) is 30.3 Å². The van der Waals surface area contributed by atoms with E-state index in [1.165, 1.54) is 0 Å². The maximum absolute atomic E-state index is 8.92. The van der Waals surface area contributed by atoms with Crippen LogP contribution < -0.4 is 10.6 Å². The van der Waals surface area contributed by atoms with Gasteiger partial charge in [-0.15, -0.1) is 0 Å². The Hall–Kier alpha value is -1.81. The Labute approximate surface area is 94.3 Å². The number of fused-ring (bicyclic) bond motifs is 1. The van der Waals surface area contributed by atoms with Crippen molar-refractivity contribution in [1.29, 1.82) is 0 Å². The number of likely N-dealkylation sites (N-methyl/N-ethyl adjacent to an activating group) is 1. The van der Waals surface area contributed by atoms with E-state index in [9.17, 15) is 0 Å². The standard InChI is InChI=1S/C12H15N3O/c1-15(6-7-16)12-11-3-2-10(13)8-9(11)4-5-14-12/h2-5,8,16H,6-7,13H2,1H3. The molecule has 2 aromatic rings. The number of nitrogen functional groups attached to an aromatic ring is 1. The second-order valence-electron chi connectivity index (χ2n) is 3.76. The number of nitrogens with two attached hydrogens (primary N) is 1. The van der Waals surface area contributed by atoms with Crippen LogP contribution in [0.5, 0.6) is 0 Å². The highest BCUT2D eigenvalue weighted by Crippen LogP contribution is 2.24. The first kappa shape index (κ1) is 10.7. The van der Waals surface area contributed by atoms with Crippen molar-refractivity contribution in [3.05, 3.63) is 30.5 Å². The van der Waals surface area contributed by atoms with Crippen LogP contribution in [0.25, 0.3) is 10.8 Å². The molecule has 16 heavy (non-hydrogen) atoms. The van der Waals surface area contributed by atoms with Crippen LogP contribution in [0.15, 0.2) is 30.5 Å². The third-order valence-corrected chi connectivity index (χ3v) is 2.56. The molecule has 2 rings (SSSR count). The van der Waals surface area contributed by atoms with Gasteiger partial charge in [-0.05, 0) is 29.7 Å². The highest BCUT2D eigenvalue weighted by molar-refractivity contribution is 5.93. The van der Waals surface area contributed by atoms with Crippen molar-refractivity contribution >= 4 is 22.3 Å². The lowest BCUT2D eigenvalue weighted by Crippen LogP contribution is -2.22. The molecule has 0 unspecified atom stereocenters. The number of aliphatic hydroxyl groups excluding tert-OH is 1. The minimum absolute atomic E-state index is 0.115. The SMILES string of the molecule is CN(CCO)c1nccc2cc(N)ccc12. The van der Waals surface area contributed by atoms with E-state index in [2.05, 4.69) is 4.98 Å². The Morgan fingerprint density at radius 1 is 1.38 bits per heavy atom. The fraction of sp³-hybridized carbons (Fsp3) is 0.250. The van der Waals surface area contributed by atoms with Gasteiger partial charge in [0.2, 0.25) is 0 Å². The number of aromatic nitrogens is 1. The fourth-order valence-corrected chi connectivity index (χ4v) is 1.74. The zero-order chi connectivity index (χ0) is 11.5. The van der Waals surface area contributed by atoms with E-state index in [1.807, 2.05) is 36.2 Å². The number of pyridine rings is 1. The lowest BCUT2D eigenvalue weighted by atomic mass is 10.1. The highest BCUT2D eigenvalue weighted by Gasteiger charge is 2.06. The van der Waals surface area contributed by atoms with Gasteiger partial charge in [-0.1, -0.05) is 0 Å². The Balaban J connectivity index is 2.53. The van der Waals surface area contributed by atoms with Crippen LogP contribution in [-0.2, 0) is 0 Å². The van der Waals surface area contributed by atoms with Gasteiger partial charge < -0.3 is 15.7 Å². The van der Waals surface area contributed by atoms with Crippen molar-refractivity contribution in [3.63, 3.8) is 0 Å². The molecular weight excluding hydrogens is 202 g/mol. The lowest BCUT2D eigenvalue weighted by Gasteiger charge is -2.18. The molecule has 4 nitrogen and oxygen atoms in total. The normalized spacial score (nSPS) is 10.6. The van der Waals surface area contributed by atoms with Crippen LogP contribution >= 0.6 is 0 Å². The third-order valence-electron chi connectivity index (χ3n) is 2.56. The van der Waals surface area contributed by atoms with E-state index in [1.54, 1.807) is 6.20 Å². The predicted octanol–water partition coefficient (Wildman–Crippen LogP) is 1.25. The van der Waals surface area contributed by atoms with E-state index >= 15 is 0 Å². The van der Waals surface area contributed by atoms with Gasteiger partial charge in [-0.25, -0.2) is 4.98 Å². The maximum atomic E-state index is 8.92. The molecule has 4 heteroatoms. The van der Waals surface area contributed by atoms with Crippen molar-refractivity contribution in [3.8, 4) is 0 Å². The molecule has 0 amide bonds. The summed E-state index contributed by atoms with van der Waals surface area (Å²) in [6, 6.07) is 7.68. The highest BCUT2D eigenvalue weighted by atomic mass is 16.3. The summed E-state index contributed by atoms with van der Waals surface area (Å²) in [7, 11) is 1.91. The molecule has 1 heterocycles. The van der Waals surface area contributed by atoms with Crippen LogP contribution in [0.3, 0.4) is 0 Å². The molecule has 0 saturated heterocycles. The average molecular weight is 217 g/mol. The van der Waals surface area contributed by atoms with Gasteiger partial charge in [0.05, 0.1) is 6.61 Å². The monoisotopic (exact) mass is 217 g/mol. The van der Waals surface area contributed by atoms with Gasteiger partial charge in [-0.3, -0.25) is 0 Å². The molecule has 1 aromatic carbocycles. The largest absolute Gasteiger partial charge is 0.399 e. The maximum Gasteiger partial charge on any atom is 0.136 e. The molecule has 0 bridgehead atoms. The van der Waals surface area contributed by atoms with E-state index in [0.717, 1.165) is 22.3 Å². The molecular formula is C12H15N3O. The third kappa shape index (κ3) is 1.92. The molecule has 0 saturated carbocycles. The molecule has 3 N–H and O–H groups in total. The van der Waals surface area contributed by atoms with E-state index < -0.39 is 0 Å². The zero-order valence-electron chi connectivity index (χ0n) is 9.22. The Bertz CT molecular complexity index is 499. The quantitative estimate of drug-likeness (QED) is 0.759. The molecule has 0 aliphatic heterocycles. The van der Waals surface area contributed by atoms with Gasteiger partial charge >= 0.3 is 0 Å². The number of hydrogen-bond acceptors (Lipinski definition) is 4. The minimum atomic E-state index is 0.115. The topological polar surface area (TPSA) is 62.4 Å². The summed E-state index contributed by atoms with van der Waals surface area (Å²) in [5, 5.41) is 11.0. The van der Waals surface area contributed by atoms with Crippen LogP contribution in [0, 0.1) is 0 Å². The molecule has 0 aliphatic rings. The summed E-state index contributed by atoms with van der Waals surface area (Å²) >= 11 is 0. The van der Waals surface area contributed by atoms with E-state index in [0.29, 0.717) is 6.54 Å². The Morgan fingerprint density at radius 3 is 2.94 bits per heavy atom. The Kier molecular flexibility index (Phi) is 2.92. The molecule has 0 fully saturated rings. The number of nitrogens with zero attached hydrogens (tertiary/aromatic N) is 2. The van der Waals surface area contributed by atoms with Gasteiger partial charge in [-0.2, -0.15) is 0 Å². The second kappa shape index (κ2) is 4.37. The summed E-state index contributed by atoms with van der Waals surface area (Å²) in [4.78, 5) is 6.26. The van der Waals surface area contributed by atoms with Gasteiger partial charge in [0.15, 0.2) is 0 Å². The Morgan fingerprint density at radius 2 is 2.19 bits per heavy atom. The van der Waals surface area contributed by atoms with Gasteiger partial charge in [0.1, 0.15) is 5.82 Å². The summed E-state index contributed by atoms with van der Waals surface area (Å²) in [5.41, 5.74) is 6.48. The minimum Gasteiger partial charge on any atom is -0.399 e. The molecule has 0 atom stereocenters. The first-order chi connectivity index (χ1) is 7.72. The van der Waals surface area contributed by atoms with Crippen molar-refractivity contribution in [1.82, 2.24) is 4.98 Å². The molecule has 0 aliphatic carbocycles. The van der Waals surface area contributed by atoms with Gasteiger partial charge in [0.25, 0.3) is 0 Å². The number of rotatable bonds is 3. The lowest BCUT2D eigenvalue weighted by molar-refractivity contribution is 0.304. The smallest absolute Gasteiger partial charge is 0.136 e. The molecule has 84 valence electrons. The summed E-state index contributed by atoms with van der Waals surface area (Å²) in [6.45, 7) is 0.681. The zero-order valence-corrected chi connectivity index (χ0v) is 9.22. The van der Waals surface area contributed by atoms with Crippen molar-refractivity contribution in [2.45, 2.75) is 0 Å². The van der Waals surface area contributed by atoms with Gasteiger partial charge in [0, 0.05) is 30.9 Å². The van der Waals surface area contributed by atoms with Crippen molar-refractivity contribution < 1.29 is 5.11 Å². The van der Waals surface area contributed by atoms with Crippen LogP contribution in [0.2, 0.25) is 0 Å². The number of aliphatic hydroxyl groups is 1. The molecule has 0 spiro atoms. The first-order valence-corrected chi connectivity index (χ1v) is 5.18. The molecule has 0 radical (unpaired) electrons. The summed E-state index contributed by atoms with van der Waals surface area (Å²) in [5.74, 6) is 0.867. The van der Waals surface area contributed by atoms with Crippen molar-refractivity contribution in [2.24, 2.45) is 0 Å². The summed E-state index contributed by atoms with van der Waals surface area (Å²) in [6.07, 6.45) is 1.75. The summed E-state index contributed by atoms with van der Waals surface area (Å²) < 4.78 is 0. The molecule has 1 aromatic heterocycles. The van der Waals surface area contributed by atoms with E-state index in [-0.39, 0.29) is 6.61 Å². The predicted molar refractivity (Wildman–Crippen MR) is 66.5 cm³/mol. The van der Waals surface area contributed by atoms with E-state index in [4.69, 9.17) is 10.8 Å². The first-order valence-electron chi connectivity index (χ1n) is 5.18. The van der Waals surface area contributed by atoms with Crippen LogP contribution in [0.4, 0.5) is 11.5 Å². The van der Waals surface area contributed by atoms with Crippen LogP contribution in [0.1, 0.15) is 0 Å². The number of anilines is 2. The number of benzene rings is 1. The average Bonchev–Trinajstić information content (AvgIpc) is 2.28. The number of hydrogen-bond donors (Lipinski definition) is 2. The fourth-order valence-electron chi connectivity index (χ4n) is 1.74. The second-order valence-corrected chi connectivity index (χ2v) is 3.76. The van der Waals surface area contributed by atoms with Crippen molar-refractivity contribution in [2.75, 3.05) is 30.8 Å².